The van der Waals surface area contributed by atoms with Crippen molar-refractivity contribution in [2.24, 2.45) is 0 Å². The summed E-state index contributed by atoms with van der Waals surface area (Å²) in [6.45, 7) is 7.08. The van der Waals surface area contributed by atoms with Gasteiger partial charge in [0.2, 0.25) is 0 Å². The van der Waals surface area contributed by atoms with Crippen molar-refractivity contribution in [1.29, 1.82) is 0 Å². The molecule has 1 aliphatic heterocycles. The number of rotatable bonds is 6. The van der Waals surface area contributed by atoms with Crippen molar-refractivity contribution >= 4 is 0 Å². The lowest BCUT2D eigenvalue weighted by Crippen LogP contribution is -2.38. The summed E-state index contributed by atoms with van der Waals surface area (Å²) in [5.41, 5.74) is 0. The maximum absolute atomic E-state index is 5.19. The topological polar surface area (TPSA) is 15.3 Å². The van der Waals surface area contributed by atoms with Crippen LogP contribution in [0, 0.1) is 12.3 Å². The Labute approximate surface area is 88.1 Å². The van der Waals surface area contributed by atoms with Gasteiger partial charge in [0.15, 0.2) is 0 Å². The minimum atomic E-state index is 0.603. The Morgan fingerprint density at radius 2 is 2.14 bits per heavy atom. The molecular weight excluding hydrogens is 172 g/mol. The van der Waals surface area contributed by atoms with Crippen LogP contribution >= 0.6 is 0 Å². The van der Waals surface area contributed by atoms with E-state index in [1.54, 1.807) is 0 Å². The first-order chi connectivity index (χ1) is 6.83. The van der Waals surface area contributed by atoms with Crippen LogP contribution in [-0.2, 0) is 0 Å². The fraction of sp³-hybridized carbons (Fsp3) is 0.833. The smallest absolute Gasteiger partial charge is 0.0166 e. The van der Waals surface area contributed by atoms with Crippen LogP contribution in [0.2, 0.25) is 0 Å². The molecule has 0 saturated carbocycles. The van der Waals surface area contributed by atoms with Crippen LogP contribution in [0.5, 0.6) is 0 Å². The lowest BCUT2D eigenvalue weighted by molar-refractivity contribution is 0.299. The fourth-order valence-corrected chi connectivity index (χ4v) is 1.96. The Morgan fingerprint density at radius 1 is 1.43 bits per heavy atom. The lowest BCUT2D eigenvalue weighted by Gasteiger charge is -2.21. The second-order valence-electron chi connectivity index (χ2n) is 4.17. The minimum Gasteiger partial charge on any atom is -0.313 e. The van der Waals surface area contributed by atoms with Crippen LogP contribution in [-0.4, -0.2) is 37.1 Å². The highest BCUT2D eigenvalue weighted by atomic mass is 15.2. The van der Waals surface area contributed by atoms with Gasteiger partial charge in [-0.1, -0.05) is 0 Å². The van der Waals surface area contributed by atoms with Crippen LogP contribution in [0.15, 0.2) is 0 Å². The molecule has 0 radical (unpaired) electrons. The maximum atomic E-state index is 5.19. The molecule has 2 heteroatoms. The van der Waals surface area contributed by atoms with E-state index in [9.17, 15) is 0 Å². The summed E-state index contributed by atoms with van der Waals surface area (Å²) in [6, 6.07) is 0.603. The minimum absolute atomic E-state index is 0.603. The Morgan fingerprint density at radius 3 is 2.79 bits per heavy atom. The quantitative estimate of drug-likeness (QED) is 0.509. The van der Waals surface area contributed by atoms with Gasteiger partial charge in [0.05, 0.1) is 0 Å². The van der Waals surface area contributed by atoms with E-state index in [1.165, 1.54) is 32.5 Å². The van der Waals surface area contributed by atoms with Gasteiger partial charge in [0.25, 0.3) is 0 Å². The number of hydrogen-bond acceptors (Lipinski definition) is 2. The molecule has 2 nitrogen and oxygen atoms in total. The number of terminal acetylenes is 1. The molecule has 1 rings (SSSR count). The molecule has 1 N–H and O–H groups in total. The molecule has 1 saturated heterocycles. The normalized spacial score (nSPS) is 19.4. The second-order valence-corrected chi connectivity index (χ2v) is 4.17. The Balaban J connectivity index is 1.98. The number of hydrogen-bond donors (Lipinski definition) is 1. The average Bonchev–Trinajstić information content (AvgIpc) is 2.65. The molecule has 14 heavy (non-hydrogen) atoms. The van der Waals surface area contributed by atoms with E-state index in [2.05, 4.69) is 23.1 Å². The van der Waals surface area contributed by atoms with Gasteiger partial charge < -0.3 is 10.2 Å². The largest absolute Gasteiger partial charge is 0.313 e. The van der Waals surface area contributed by atoms with Crippen LogP contribution in [0.1, 0.15) is 32.6 Å². The van der Waals surface area contributed by atoms with Crippen LogP contribution in [0.4, 0.5) is 0 Å². The number of likely N-dealkylation sites (tertiary alicyclic amines) is 1. The van der Waals surface area contributed by atoms with E-state index in [0.717, 1.165) is 19.4 Å². The lowest BCUT2D eigenvalue weighted by atomic mass is 10.2. The third kappa shape index (κ3) is 4.64. The summed E-state index contributed by atoms with van der Waals surface area (Å²) in [6.07, 6.45) is 9.94. The third-order valence-electron chi connectivity index (χ3n) is 2.72. The van der Waals surface area contributed by atoms with Gasteiger partial charge in [-0.25, -0.2) is 0 Å². The van der Waals surface area contributed by atoms with Crippen molar-refractivity contribution < 1.29 is 0 Å². The molecule has 0 aromatic carbocycles. The molecule has 1 unspecified atom stereocenters. The monoisotopic (exact) mass is 194 g/mol. The van der Waals surface area contributed by atoms with Gasteiger partial charge in [0, 0.05) is 19.0 Å². The van der Waals surface area contributed by atoms with Gasteiger partial charge in [-0.3, -0.25) is 0 Å². The molecule has 1 aliphatic rings. The van der Waals surface area contributed by atoms with Gasteiger partial charge in [-0.2, -0.15) is 0 Å². The Hall–Kier alpha value is -0.520. The highest BCUT2D eigenvalue weighted by Gasteiger charge is 2.13. The predicted octanol–water partition coefficient (Wildman–Crippen LogP) is 1.47. The predicted molar refractivity (Wildman–Crippen MR) is 61.2 cm³/mol. The van der Waals surface area contributed by atoms with E-state index in [-0.39, 0.29) is 0 Å². The molecule has 0 aromatic heterocycles. The summed E-state index contributed by atoms with van der Waals surface area (Å²) < 4.78 is 0. The Kier molecular flexibility index (Phi) is 5.66. The second kappa shape index (κ2) is 6.86. The van der Waals surface area contributed by atoms with E-state index < -0.39 is 0 Å². The van der Waals surface area contributed by atoms with Crippen LogP contribution in [0.3, 0.4) is 0 Å². The molecule has 1 atom stereocenters. The van der Waals surface area contributed by atoms with E-state index in [4.69, 9.17) is 6.42 Å². The SMILES string of the molecule is C#CCCCNC(C)CN1CCCC1. The van der Waals surface area contributed by atoms with Crippen LogP contribution in [0.25, 0.3) is 0 Å². The summed E-state index contributed by atoms with van der Waals surface area (Å²) in [7, 11) is 0. The fourth-order valence-electron chi connectivity index (χ4n) is 1.96. The molecule has 0 bridgehead atoms. The zero-order valence-corrected chi connectivity index (χ0v) is 9.26. The van der Waals surface area contributed by atoms with Gasteiger partial charge in [-0.15, -0.1) is 12.3 Å². The third-order valence-corrected chi connectivity index (χ3v) is 2.72. The zero-order valence-electron chi connectivity index (χ0n) is 9.26. The van der Waals surface area contributed by atoms with Crippen molar-refractivity contribution in [3.8, 4) is 12.3 Å². The van der Waals surface area contributed by atoms with Crippen LogP contribution < -0.4 is 5.32 Å². The molecular formula is C12H22N2. The first kappa shape index (κ1) is 11.6. The van der Waals surface area contributed by atoms with E-state index >= 15 is 0 Å². The summed E-state index contributed by atoms with van der Waals surface area (Å²) in [4.78, 5) is 2.54. The summed E-state index contributed by atoms with van der Waals surface area (Å²) in [5, 5.41) is 3.51. The average molecular weight is 194 g/mol. The van der Waals surface area contributed by atoms with Crippen molar-refractivity contribution in [1.82, 2.24) is 10.2 Å². The first-order valence-electron chi connectivity index (χ1n) is 5.72. The number of nitrogens with one attached hydrogen (secondary N) is 1. The molecule has 80 valence electrons. The van der Waals surface area contributed by atoms with Gasteiger partial charge in [-0.05, 0) is 45.8 Å². The van der Waals surface area contributed by atoms with Crippen molar-refractivity contribution in [3.63, 3.8) is 0 Å². The van der Waals surface area contributed by atoms with E-state index in [1.807, 2.05) is 0 Å². The highest BCUT2D eigenvalue weighted by Crippen LogP contribution is 2.07. The summed E-state index contributed by atoms with van der Waals surface area (Å²) in [5.74, 6) is 2.66. The first-order valence-corrected chi connectivity index (χ1v) is 5.72. The van der Waals surface area contributed by atoms with Crippen molar-refractivity contribution in [2.75, 3.05) is 26.2 Å². The van der Waals surface area contributed by atoms with Gasteiger partial charge in [0.1, 0.15) is 0 Å². The molecule has 1 heterocycles. The molecule has 0 aliphatic carbocycles. The highest BCUT2D eigenvalue weighted by molar-refractivity contribution is 4.83. The molecule has 0 amide bonds. The standard InChI is InChI=1S/C12H22N2/c1-3-4-5-8-13-12(2)11-14-9-6-7-10-14/h1,12-13H,4-11H2,2H3. The zero-order chi connectivity index (χ0) is 10.2. The van der Waals surface area contributed by atoms with Crippen molar-refractivity contribution in [2.45, 2.75) is 38.6 Å². The van der Waals surface area contributed by atoms with E-state index in [0.29, 0.717) is 6.04 Å². The van der Waals surface area contributed by atoms with Crippen molar-refractivity contribution in [3.05, 3.63) is 0 Å². The van der Waals surface area contributed by atoms with Gasteiger partial charge >= 0.3 is 0 Å². The number of unbranched alkanes of at least 4 members (excludes halogenated alkanes) is 1. The maximum Gasteiger partial charge on any atom is 0.0166 e. The Bertz CT molecular complexity index is 177. The molecule has 1 fully saturated rings. The number of nitrogens with zero attached hydrogens (tertiary/aromatic N) is 1. The molecule has 0 spiro atoms. The molecule has 0 aromatic rings. The summed E-state index contributed by atoms with van der Waals surface area (Å²) >= 11 is 0.